The van der Waals surface area contributed by atoms with Gasteiger partial charge in [-0.25, -0.2) is 8.42 Å². The van der Waals surface area contributed by atoms with E-state index >= 15 is 0 Å². The van der Waals surface area contributed by atoms with Gasteiger partial charge in [-0.15, -0.1) is 0 Å². The zero-order chi connectivity index (χ0) is 15.0. The molecule has 0 spiro atoms. The zero-order valence-electron chi connectivity index (χ0n) is 11.2. The highest BCUT2D eigenvalue weighted by Crippen LogP contribution is 2.41. The molecule has 6 heteroatoms. The second-order valence-electron chi connectivity index (χ2n) is 5.41. The van der Waals surface area contributed by atoms with Gasteiger partial charge in [-0.05, 0) is 37.5 Å². The number of carbonyl (C=O) groups is 1. The molecule has 1 aliphatic rings. The van der Waals surface area contributed by atoms with Gasteiger partial charge in [0.05, 0.1) is 16.1 Å². The van der Waals surface area contributed by atoms with Gasteiger partial charge in [-0.3, -0.25) is 4.79 Å². The zero-order valence-corrected chi connectivity index (χ0v) is 12.8. The maximum atomic E-state index is 12.5. The number of hydrogen-bond donors (Lipinski definition) is 1. The molecule has 0 aliphatic heterocycles. The van der Waals surface area contributed by atoms with Crippen LogP contribution in [0.2, 0.25) is 5.02 Å². The van der Waals surface area contributed by atoms with Crippen molar-refractivity contribution < 1.29 is 18.3 Å². The molecule has 1 aromatic rings. The molecular weight excluding hydrogens is 300 g/mol. The molecule has 110 valence electrons. The van der Waals surface area contributed by atoms with E-state index in [1.54, 1.807) is 19.1 Å². The van der Waals surface area contributed by atoms with Crippen molar-refractivity contribution in [2.75, 3.05) is 5.75 Å². The van der Waals surface area contributed by atoms with Crippen LogP contribution < -0.4 is 0 Å². The molecule has 0 saturated heterocycles. The van der Waals surface area contributed by atoms with Crippen molar-refractivity contribution in [3.63, 3.8) is 0 Å². The quantitative estimate of drug-likeness (QED) is 0.926. The lowest BCUT2D eigenvalue weighted by Gasteiger charge is -2.23. The van der Waals surface area contributed by atoms with Gasteiger partial charge in [0, 0.05) is 5.02 Å². The molecule has 0 aromatic heterocycles. The van der Waals surface area contributed by atoms with Crippen molar-refractivity contribution in [1.29, 1.82) is 0 Å². The average Bonchev–Trinajstić information content (AvgIpc) is 2.81. The maximum Gasteiger partial charge on any atom is 0.310 e. The van der Waals surface area contributed by atoms with E-state index in [1.165, 1.54) is 6.07 Å². The lowest BCUT2D eigenvalue weighted by atomic mass is 9.89. The van der Waals surface area contributed by atoms with Crippen LogP contribution in [0.5, 0.6) is 0 Å². The standard InChI is InChI=1S/C14H17ClO4S/c1-10-11(15)5-4-6-12(10)20(18,19)9-14(13(16)17)7-2-3-8-14/h4-6H,2-3,7-9H2,1H3,(H,16,17). The molecule has 0 unspecified atom stereocenters. The first-order valence-corrected chi connectivity index (χ1v) is 8.53. The van der Waals surface area contributed by atoms with Crippen LogP contribution in [0.4, 0.5) is 0 Å². The van der Waals surface area contributed by atoms with Crippen molar-refractivity contribution in [3.05, 3.63) is 28.8 Å². The fourth-order valence-corrected chi connectivity index (χ4v) is 5.23. The minimum absolute atomic E-state index is 0.137. The highest BCUT2D eigenvalue weighted by Gasteiger charge is 2.45. The van der Waals surface area contributed by atoms with Crippen LogP contribution in [0, 0.1) is 12.3 Å². The summed E-state index contributed by atoms with van der Waals surface area (Å²) in [4.78, 5) is 11.6. The molecule has 4 nitrogen and oxygen atoms in total. The predicted octanol–water partition coefficient (Wildman–Crippen LogP) is 3.07. The summed E-state index contributed by atoms with van der Waals surface area (Å²) in [6.07, 6.45) is 2.36. The summed E-state index contributed by atoms with van der Waals surface area (Å²) in [5.41, 5.74) is -0.666. The third kappa shape index (κ3) is 2.69. The molecule has 1 aromatic carbocycles. The number of halogens is 1. The van der Waals surface area contributed by atoms with Crippen LogP contribution in [-0.4, -0.2) is 25.2 Å². The lowest BCUT2D eigenvalue weighted by molar-refractivity contribution is -0.147. The first-order valence-electron chi connectivity index (χ1n) is 6.50. The molecule has 0 atom stereocenters. The molecular formula is C14H17ClO4S. The van der Waals surface area contributed by atoms with Gasteiger partial charge in [-0.1, -0.05) is 30.5 Å². The smallest absolute Gasteiger partial charge is 0.310 e. The Balaban J connectivity index is 2.41. The van der Waals surface area contributed by atoms with E-state index in [1.807, 2.05) is 0 Å². The van der Waals surface area contributed by atoms with Crippen molar-refractivity contribution >= 4 is 27.4 Å². The summed E-state index contributed by atoms with van der Waals surface area (Å²) in [6.45, 7) is 1.64. The Morgan fingerprint density at radius 3 is 2.50 bits per heavy atom. The fourth-order valence-electron chi connectivity index (χ4n) is 2.84. The summed E-state index contributed by atoms with van der Waals surface area (Å²) >= 11 is 5.95. The number of hydrogen-bond acceptors (Lipinski definition) is 3. The van der Waals surface area contributed by atoms with Crippen molar-refractivity contribution in [1.82, 2.24) is 0 Å². The largest absolute Gasteiger partial charge is 0.481 e. The van der Waals surface area contributed by atoms with Crippen LogP contribution in [0.15, 0.2) is 23.1 Å². The molecule has 1 aliphatic carbocycles. The Hall–Kier alpha value is -1.07. The van der Waals surface area contributed by atoms with Gasteiger partial charge in [0.2, 0.25) is 0 Å². The molecule has 0 bridgehead atoms. The molecule has 0 amide bonds. The van der Waals surface area contributed by atoms with Gasteiger partial charge >= 0.3 is 5.97 Å². The van der Waals surface area contributed by atoms with E-state index in [-0.39, 0.29) is 10.6 Å². The van der Waals surface area contributed by atoms with Gasteiger partial charge in [-0.2, -0.15) is 0 Å². The monoisotopic (exact) mass is 316 g/mol. The summed E-state index contributed by atoms with van der Waals surface area (Å²) in [5, 5.41) is 9.78. The summed E-state index contributed by atoms with van der Waals surface area (Å²) < 4.78 is 25.1. The molecule has 1 fully saturated rings. The van der Waals surface area contributed by atoms with E-state index in [4.69, 9.17) is 11.6 Å². The van der Waals surface area contributed by atoms with E-state index in [0.29, 0.717) is 23.4 Å². The Bertz CT molecular complexity index is 631. The van der Waals surface area contributed by atoms with Crippen molar-refractivity contribution in [2.24, 2.45) is 5.41 Å². The number of rotatable bonds is 4. The Labute approximate surface area is 123 Å². The van der Waals surface area contributed by atoms with Gasteiger partial charge in [0.25, 0.3) is 0 Å². The van der Waals surface area contributed by atoms with Crippen LogP contribution in [-0.2, 0) is 14.6 Å². The maximum absolute atomic E-state index is 12.5. The van der Waals surface area contributed by atoms with E-state index in [2.05, 4.69) is 0 Å². The number of aliphatic carboxylic acids is 1. The van der Waals surface area contributed by atoms with Crippen LogP contribution in [0.25, 0.3) is 0 Å². The number of benzene rings is 1. The fraction of sp³-hybridized carbons (Fsp3) is 0.500. The Kier molecular flexibility index (Phi) is 4.12. The number of sulfone groups is 1. The second-order valence-corrected chi connectivity index (χ2v) is 7.78. The first kappa shape index (κ1) is 15.3. The Morgan fingerprint density at radius 2 is 1.95 bits per heavy atom. The molecule has 1 saturated carbocycles. The highest BCUT2D eigenvalue weighted by molar-refractivity contribution is 7.91. The van der Waals surface area contributed by atoms with Crippen molar-refractivity contribution in [3.8, 4) is 0 Å². The van der Waals surface area contributed by atoms with E-state index < -0.39 is 21.2 Å². The molecule has 2 rings (SSSR count). The van der Waals surface area contributed by atoms with Gasteiger partial charge in [0.15, 0.2) is 9.84 Å². The molecule has 0 radical (unpaired) electrons. The lowest BCUT2D eigenvalue weighted by Crippen LogP contribution is -2.35. The highest BCUT2D eigenvalue weighted by atomic mass is 35.5. The molecule has 0 heterocycles. The average molecular weight is 317 g/mol. The topological polar surface area (TPSA) is 71.4 Å². The van der Waals surface area contributed by atoms with E-state index in [0.717, 1.165) is 12.8 Å². The van der Waals surface area contributed by atoms with Crippen molar-refractivity contribution in [2.45, 2.75) is 37.5 Å². The second kappa shape index (κ2) is 5.37. The summed E-state index contributed by atoms with van der Waals surface area (Å²) in [7, 11) is -3.67. The molecule has 20 heavy (non-hydrogen) atoms. The minimum atomic E-state index is -3.67. The Morgan fingerprint density at radius 1 is 1.35 bits per heavy atom. The van der Waals surface area contributed by atoms with Gasteiger partial charge < -0.3 is 5.11 Å². The summed E-state index contributed by atoms with van der Waals surface area (Å²) in [5.74, 6) is -1.37. The normalized spacial score (nSPS) is 18.1. The van der Waals surface area contributed by atoms with Crippen LogP contribution in [0.1, 0.15) is 31.2 Å². The predicted molar refractivity (Wildman–Crippen MR) is 76.8 cm³/mol. The van der Waals surface area contributed by atoms with Crippen LogP contribution in [0.3, 0.4) is 0 Å². The van der Waals surface area contributed by atoms with E-state index in [9.17, 15) is 18.3 Å². The number of carboxylic acids is 1. The third-order valence-corrected chi connectivity index (χ3v) is 6.49. The van der Waals surface area contributed by atoms with Crippen LogP contribution >= 0.6 is 11.6 Å². The van der Waals surface area contributed by atoms with Gasteiger partial charge in [0.1, 0.15) is 0 Å². The molecule has 1 N–H and O–H groups in total. The minimum Gasteiger partial charge on any atom is -0.481 e. The number of carboxylic acid groups (broad SMARTS) is 1. The summed E-state index contributed by atoms with van der Waals surface area (Å²) in [6, 6.07) is 4.68. The SMILES string of the molecule is Cc1c(Cl)cccc1S(=O)(=O)CC1(C(=O)O)CCCC1. The third-order valence-electron chi connectivity index (χ3n) is 4.03. The first-order chi connectivity index (χ1) is 9.28.